The summed E-state index contributed by atoms with van der Waals surface area (Å²) in [6, 6.07) is 20.5. The van der Waals surface area contributed by atoms with Gasteiger partial charge in [0.15, 0.2) is 0 Å². The fourth-order valence-corrected chi connectivity index (χ4v) is 2.71. The number of benzene rings is 2. The second kappa shape index (κ2) is 6.75. The number of rotatable bonds is 3. The minimum Gasteiger partial charge on any atom is -0.457 e. The Labute approximate surface area is 144 Å². The molecule has 3 rings (SSSR count). The van der Waals surface area contributed by atoms with Gasteiger partial charge in [-0.2, -0.15) is 5.26 Å². The number of furan rings is 1. The van der Waals surface area contributed by atoms with E-state index in [1.54, 1.807) is 30.3 Å². The molecule has 0 fully saturated rings. The minimum absolute atomic E-state index is 0.519. The first-order chi connectivity index (χ1) is 11.2. The molecule has 0 aliphatic heterocycles. The van der Waals surface area contributed by atoms with Crippen LogP contribution in [-0.4, -0.2) is 0 Å². The molecule has 1 heterocycles. The van der Waals surface area contributed by atoms with E-state index in [0.717, 1.165) is 11.1 Å². The Morgan fingerprint density at radius 1 is 1.00 bits per heavy atom. The van der Waals surface area contributed by atoms with Gasteiger partial charge in [0.05, 0.1) is 16.7 Å². The van der Waals surface area contributed by atoms with Crippen molar-refractivity contribution in [1.29, 1.82) is 5.26 Å². The third kappa shape index (κ3) is 3.48. The third-order valence-electron chi connectivity index (χ3n) is 3.32. The van der Waals surface area contributed by atoms with Crippen LogP contribution in [0.1, 0.15) is 11.3 Å². The van der Waals surface area contributed by atoms with E-state index in [1.807, 2.05) is 36.4 Å². The fraction of sp³-hybridized carbons (Fsp3) is 0. The topological polar surface area (TPSA) is 36.9 Å². The highest BCUT2D eigenvalue weighted by Crippen LogP contribution is 2.32. The van der Waals surface area contributed by atoms with Crippen molar-refractivity contribution in [3.63, 3.8) is 0 Å². The van der Waals surface area contributed by atoms with Crippen molar-refractivity contribution in [1.82, 2.24) is 0 Å². The van der Waals surface area contributed by atoms with E-state index in [2.05, 4.69) is 6.07 Å². The average Bonchev–Trinajstić information content (AvgIpc) is 3.01. The molecule has 0 unspecified atom stereocenters. The molecular formula is C19H11Cl2NO. The predicted molar refractivity (Wildman–Crippen MR) is 94.1 cm³/mol. The molecule has 112 valence electrons. The summed E-state index contributed by atoms with van der Waals surface area (Å²) in [5.74, 6) is 1.22. The molecule has 0 amide bonds. The van der Waals surface area contributed by atoms with Crippen molar-refractivity contribution in [2.75, 3.05) is 0 Å². The zero-order valence-corrected chi connectivity index (χ0v) is 13.5. The van der Waals surface area contributed by atoms with Crippen LogP contribution in [0.3, 0.4) is 0 Å². The van der Waals surface area contributed by atoms with Crippen molar-refractivity contribution >= 4 is 34.9 Å². The second-order valence-corrected chi connectivity index (χ2v) is 5.71. The van der Waals surface area contributed by atoms with E-state index < -0.39 is 0 Å². The largest absolute Gasteiger partial charge is 0.457 e. The summed E-state index contributed by atoms with van der Waals surface area (Å²) in [6.45, 7) is 0. The Morgan fingerprint density at radius 3 is 2.48 bits per heavy atom. The number of hydrogen-bond donors (Lipinski definition) is 0. The fourth-order valence-electron chi connectivity index (χ4n) is 2.20. The number of nitriles is 1. The number of halogens is 2. The smallest absolute Gasteiger partial charge is 0.136 e. The van der Waals surface area contributed by atoms with Crippen LogP contribution in [0.5, 0.6) is 0 Å². The van der Waals surface area contributed by atoms with Crippen LogP contribution in [0.4, 0.5) is 0 Å². The first-order valence-corrected chi connectivity index (χ1v) is 7.65. The molecule has 0 saturated heterocycles. The summed E-state index contributed by atoms with van der Waals surface area (Å²) < 4.78 is 5.79. The van der Waals surface area contributed by atoms with Crippen LogP contribution in [-0.2, 0) is 0 Å². The lowest BCUT2D eigenvalue weighted by atomic mass is 10.1. The zero-order valence-electron chi connectivity index (χ0n) is 12.0. The molecule has 1 aromatic heterocycles. The van der Waals surface area contributed by atoms with E-state index in [1.165, 1.54) is 0 Å². The number of allylic oxidation sites excluding steroid dienone is 1. The summed E-state index contributed by atoms with van der Waals surface area (Å²) in [4.78, 5) is 0. The molecule has 2 aromatic carbocycles. The first kappa shape index (κ1) is 15.4. The average molecular weight is 340 g/mol. The maximum Gasteiger partial charge on any atom is 0.136 e. The highest BCUT2D eigenvalue weighted by molar-refractivity contribution is 6.36. The Morgan fingerprint density at radius 2 is 1.78 bits per heavy atom. The lowest BCUT2D eigenvalue weighted by molar-refractivity contribution is 0.572. The maximum absolute atomic E-state index is 9.34. The van der Waals surface area contributed by atoms with Crippen molar-refractivity contribution < 1.29 is 4.42 Å². The molecular weight excluding hydrogens is 329 g/mol. The summed E-state index contributed by atoms with van der Waals surface area (Å²) in [5.41, 5.74) is 2.14. The molecule has 0 atom stereocenters. The van der Waals surface area contributed by atoms with Gasteiger partial charge < -0.3 is 4.42 Å². The summed E-state index contributed by atoms with van der Waals surface area (Å²) >= 11 is 12.1. The molecule has 4 heteroatoms. The van der Waals surface area contributed by atoms with E-state index in [9.17, 15) is 5.26 Å². The molecule has 0 radical (unpaired) electrons. The number of nitrogens with zero attached hydrogens (tertiary/aromatic N) is 1. The molecule has 0 aliphatic carbocycles. The Balaban J connectivity index is 1.96. The Bertz CT molecular complexity index is 905. The minimum atomic E-state index is 0.519. The standard InChI is InChI=1S/C19H11Cl2NO/c20-15-6-8-17(18(21)11-15)19-9-7-16(23-19)10-14(12-22)13-4-2-1-3-5-13/h1-11H/b14-10-. The predicted octanol–water partition coefficient (Wildman–Crippen LogP) is 6.32. The van der Waals surface area contributed by atoms with Gasteiger partial charge in [-0.15, -0.1) is 0 Å². The van der Waals surface area contributed by atoms with Crippen LogP contribution < -0.4 is 0 Å². The van der Waals surface area contributed by atoms with Gasteiger partial charge in [0.1, 0.15) is 11.5 Å². The van der Waals surface area contributed by atoms with Crippen molar-refractivity contribution in [3.8, 4) is 17.4 Å². The second-order valence-electron chi connectivity index (χ2n) is 4.86. The third-order valence-corrected chi connectivity index (χ3v) is 3.86. The first-order valence-electron chi connectivity index (χ1n) is 6.90. The molecule has 0 saturated carbocycles. The monoisotopic (exact) mass is 339 g/mol. The Hall–Kier alpha value is -2.47. The normalized spacial score (nSPS) is 11.3. The highest BCUT2D eigenvalue weighted by Gasteiger charge is 2.09. The molecule has 23 heavy (non-hydrogen) atoms. The van der Waals surface area contributed by atoms with E-state index >= 15 is 0 Å². The highest BCUT2D eigenvalue weighted by atomic mass is 35.5. The van der Waals surface area contributed by atoms with Crippen LogP contribution >= 0.6 is 23.2 Å². The van der Waals surface area contributed by atoms with Gasteiger partial charge in [0.25, 0.3) is 0 Å². The summed E-state index contributed by atoms with van der Waals surface area (Å²) in [7, 11) is 0. The summed E-state index contributed by atoms with van der Waals surface area (Å²) in [5, 5.41) is 10.4. The molecule has 0 spiro atoms. The molecule has 0 aliphatic rings. The van der Waals surface area contributed by atoms with Crippen molar-refractivity contribution in [2.45, 2.75) is 0 Å². The maximum atomic E-state index is 9.34. The van der Waals surface area contributed by atoms with Gasteiger partial charge in [-0.05, 0) is 42.0 Å². The lowest BCUT2D eigenvalue weighted by Crippen LogP contribution is -1.80. The SMILES string of the molecule is N#C/C(=C/c1ccc(-c2ccc(Cl)cc2Cl)o1)c1ccccc1. The van der Waals surface area contributed by atoms with Crippen molar-refractivity contribution in [2.24, 2.45) is 0 Å². The van der Waals surface area contributed by atoms with Gasteiger partial charge in [0.2, 0.25) is 0 Å². The zero-order chi connectivity index (χ0) is 16.2. The molecule has 2 nitrogen and oxygen atoms in total. The molecule has 0 N–H and O–H groups in total. The lowest BCUT2D eigenvalue weighted by Gasteiger charge is -2.01. The van der Waals surface area contributed by atoms with Crippen LogP contribution in [0.25, 0.3) is 23.0 Å². The van der Waals surface area contributed by atoms with Gasteiger partial charge in [-0.1, -0.05) is 53.5 Å². The Kier molecular flexibility index (Phi) is 4.52. The van der Waals surface area contributed by atoms with Gasteiger partial charge >= 0.3 is 0 Å². The molecule has 3 aromatic rings. The van der Waals surface area contributed by atoms with Gasteiger partial charge in [-0.25, -0.2) is 0 Å². The van der Waals surface area contributed by atoms with Crippen LogP contribution in [0.15, 0.2) is 65.1 Å². The summed E-state index contributed by atoms with van der Waals surface area (Å²) in [6.07, 6.45) is 1.71. The van der Waals surface area contributed by atoms with Crippen LogP contribution in [0, 0.1) is 11.3 Å². The molecule has 0 bridgehead atoms. The van der Waals surface area contributed by atoms with Crippen LogP contribution in [0.2, 0.25) is 10.0 Å². The van der Waals surface area contributed by atoms with Gasteiger partial charge in [0, 0.05) is 10.6 Å². The quantitative estimate of drug-likeness (QED) is 0.523. The van der Waals surface area contributed by atoms with E-state index in [0.29, 0.717) is 27.1 Å². The van der Waals surface area contributed by atoms with E-state index in [4.69, 9.17) is 27.6 Å². The van der Waals surface area contributed by atoms with Gasteiger partial charge in [-0.3, -0.25) is 0 Å². The van der Waals surface area contributed by atoms with E-state index in [-0.39, 0.29) is 0 Å². The number of hydrogen-bond acceptors (Lipinski definition) is 2. The van der Waals surface area contributed by atoms with Crippen molar-refractivity contribution in [3.05, 3.63) is 82.0 Å².